The molecule has 0 saturated heterocycles. The minimum atomic E-state index is -0.173. The van der Waals surface area contributed by atoms with Gasteiger partial charge in [-0.3, -0.25) is 4.79 Å². The second-order valence-electron chi connectivity index (χ2n) is 7.72. The van der Waals surface area contributed by atoms with Crippen molar-refractivity contribution >= 4 is 34.0 Å². The lowest BCUT2D eigenvalue weighted by Gasteiger charge is -2.32. The summed E-state index contributed by atoms with van der Waals surface area (Å²) in [4.78, 5) is 18.5. The number of carbonyl (C=O) groups is 1. The van der Waals surface area contributed by atoms with E-state index in [0.29, 0.717) is 17.2 Å². The fourth-order valence-corrected chi connectivity index (χ4v) is 5.34. The Kier molecular flexibility index (Phi) is 5.53. The molecule has 0 bridgehead atoms. The van der Waals surface area contributed by atoms with Crippen LogP contribution in [0.4, 0.5) is 5.13 Å². The Morgan fingerprint density at radius 3 is 2.70 bits per heavy atom. The lowest BCUT2D eigenvalue weighted by Crippen LogP contribution is -2.34. The number of hydrogen-bond acceptors (Lipinski definition) is 4. The third-order valence-corrected chi connectivity index (χ3v) is 7.41. The van der Waals surface area contributed by atoms with Crippen LogP contribution in [0.15, 0.2) is 30.5 Å². The average molecular weight is 405 g/mol. The van der Waals surface area contributed by atoms with E-state index in [1.54, 1.807) is 7.11 Å². The highest BCUT2D eigenvalue weighted by Gasteiger charge is 2.55. The Balaban J connectivity index is 1.38. The molecular weight excluding hydrogens is 380 g/mol. The van der Waals surface area contributed by atoms with E-state index in [0.717, 1.165) is 60.4 Å². The van der Waals surface area contributed by atoms with Crippen molar-refractivity contribution in [2.75, 3.05) is 12.4 Å². The van der Waals surface area contributed by atoms with Crippen LogP contribution in [0.25, 0.3) is 0 Å². The molecule has 1 amide bonds. The Hall–Kier alpha value is -1.43. The lowest BCUT2D eigenvalue weighted by atomic mass is 9.76. The van der Waals surface area contributed by atoms with E-state index in [4.69, 9.17) is 16.3 Å². The van der Waals surface area contributed by atoms with E-state index in [9.17, 15) is 4.79 Å². The van der Waals surface area contributed by atoms with E-state index in [2.05, 4.69) is 10.3 Å². The van der Waals surface area contributed by atoms with Crippen molar-refractivity contribution in [2.24, 2.45) is 11.3 Å². The summed E-state index contributed by atoms with van der Waals surface area (Å²) < 4.78 is 5.47. The number of benzene rings is 1. The highest BCUT2D eigenvalue weighted by atomic mass is 35.5. The van der Waals surface area contributed by atoms with E-state index >= 15 is 0 Å². The number of amides is 1. The van der Waals surface area contributed by atoms with Crippen molar-refractivity contribution in [1.29, 1.82) is 0 Å². The van der Waals surface area contributed by atoms with E-state index in [-0.39, 0.29) is 11.3 Å². The fraction of sp³-hybridized carbons (Fsp3) is 0.524. The molecule has 2 aliphatic rings. The normalized spacial score (nSPS) is 23.8. The Morgan fingerprint density at radius 1 is 1.30 bits per heavy atom. The molecule has 27 heavy (non-hydrogen) atoms. The molecule has 2 fully saturated rings. The van der Waals surface area contributed by atoms with Crippen LogP contribution in [0.1, 0.15) is 49.0 Å². The first-order valence-corrected chi connectivity index (χ1v) is 10.8. The van der Waals surface area contributed by atoms with Crippen LogP contribution in [0.5, 0.6) is 0 Å². The molecule has 0 radical (unpaired) electrons. The van der Waals surface area contributed by atoms with Gasteiger partial charge in [0.2, 0.25) is 5.91 Å². The molecule has 1 aromatic carbocycles. The number of anilines is 1. The second kappa shape index (κ2) is 7.90. The molecule has 1 heterocycles. The largest absolute Gasteiger partial charge is 0.381 e. The van der Waals surface area contributed by atoms with Gasteiger partial charge in [-0.25, -0.2) is 4.98 Å². The summed E-state index contributed by atoms with van der Waals surface area (Å²) in [5.41, 5.74) is 0.905. The molecule has 2 aliphatic carbocycles. The molecule has 0 atom stereocenters. The topological polar surface area (TPSA) is 51.2 Å². The SMILES string of the molecule is COC1CCC(C2(C(=O)Nc3ncc(Cc4ccccc4Cl)s3)CC2)CC1. The maximum Gasteiger partial charge on any atom is 0.232 e. The van der Waals surface area contributed by atoms with Crippen LogP contribution in [-0.4, -0.2) is 24.1 Å². The van der Waals surface area contributed by atoms with Gasteiger partial charge in [0.1, 0.15) is 0 Å². The number of rotatable bonds is 6. The predicted octanol–water partition coefficient (Wildman–Crippen LogP) is 5.31. The number of halogens is 1. The van der Waals surface area contributed by atoms with Gasteiger partial charge in [0, 0.05) is 29.6 Å². The van der Waals surface area contributed by atoms with Gasteiger partial charge in [-0.05, 0) is 56.1 Å². The van der Waals surface area contributed by atoms with Crippen LogP contribution < -0.4 is 5.32 Å². The lowest BCUT2D eigenvalue weighted by molar-refractivity contribution is -0.124. The monoisotopic (exact) mass is 404 g/mol. The van der Waals surface area contributed by atoms with Crippen molar-refractivity contribution in [3.63, 3.8) is 0 Å². The summed E-state index contributed by atoms with van der Waals surface area (Å²) in [6.45, 7) is 0. The maximum absolute atomic E-state index is 13.0. The number of nitrogens with one attached hydrogen (secondary N) is 1. The molecule has 144 valence electrons. The minimum absolute atomic E-state index is 0.155. The highest BCUT2D eigenvalue weighted by Crippen LogP contribution is 2.57. The van der Waals surface area contributed by atoms with Gasteiger partial charge in [-0.15, -0.1) is 11.3 Å². The molecular formula is C21H25ClN2O2S. The molecule has 0 unspecified atom stereocenters. The van der Waals surface area contributed by atoms with Gasteiger partial charge in [0.05, 0.1) is 11.5 Å². The van der Waals surface area contributed by atoms with Crippen LogP contribution in [0.2, 0.25) is 5.02 Å². The first-order valence-electron chi connectivity index (χ1n) is 9.63. The molecule has 0 spiro atoms. The van der Waals surface area contributed by atoms with Crippen molar-refractivity contribution in [3.8, 4) is 0 Å². The third kappa shape index (κ3) is 4.05. The molecule has 2 aromatic rings. The van der Waals surface area contributed by atoms with E-state index < -0.39 is 0 Å². The first kappa shape index (κ1) is 18.9. The van der Waals surface area contributed by atoms with E-state index in [1.807, 2.05) is 30.5 Å². The molecule has 4 rings (SSSR count). The fourth-order valence-electron chi connectivity index (χ4n) is 4.30. The zero-order valence-electron chi connectivity index (χ0n) is 15.5. The summed E-state index contributed by atoms with van der Waals surface area (Å²) in [5, 5.41) is 4.55. The molecule has 0 aliphatic heterocycles. The van der Waals surface area contributed by atoms with Gasteiger partial charge in [-0.2, -0.15) is 0 Å². The standard InChI is InChI=1S/C21H25ClN2O2S/c1-26-16-8-6-15(7-9-16)21(10-11-21)19(25)24-20-23-13-17(27-20)12-14-4-2-3-5-18(14)22/h2-5,13,15-16H,6-12H2,1H3,(H,23,24,25). The number of hydrogen-bond donors (Lipinski definition) is 1. The van der Waals surface area contributed by atoms with Crippen LogP contribution in [-0.2, 0) is 16.0 Å². The Bertz CT molecular complexity index is 810. The zero-order chi connectivity index (χ0) is 18.9. The molecule has 2 saturated carbocycles. The summed E-state index contributed by atoms with van der Waals surface area (Å²) in [6.07, 6.45) is 9.24. The van der Waals surface area contributed by atoms with Crippen LogP contribution in [0, 0.1) is 11.3 Å². The van der Waals surface area contributed by atoms with Crippen LogP contribution in [0.3, 0.4) is 0 Å². The number of nitrogens with zero attached hydrogens (tertiary/aromatic N) is 1. The van der Waals surface area contributed by atoms with Crippen LogP contribution >= 0.6 is 22.9 Å². The summed E-state index contributed by atoms with van der Waals surface area (Å²) in [5.74, 6) is 0.633. The van der Waals surface area contributed by atoms with Gasteiger partial charge in [0.25, 0.3) is 0 Å². The predicted molar refractivity (Wildman–Crippen MR) is 109 cm³/mol. The van der Waals surface area contributed by atoms with Crippen molar-refractivity contribution < 1.29 is 9.53 Å². The smallest absolute Gasteiger partial charge is 0.232 e. The van der Waals surface area contributed by atoms with Gasteiger partial charge in [-0.1, -0.05) is 29.8 Å². The molecule has 1 aromatic heterocycles. The van der Waals surface area contributed by atoms with Gasteiger partial charge in [0.15, 0.2) is 5.13 Å². The maximum atomic E-state index is 13.0. The first-order chi connectivity index (χ1) is 13.1. The van der Waals surface area contributed by atoms with Gasteiger partial charge < -0.3 is 10.1 Å². The summed E-state index contributed by atoms with van der Waals surface area (Å²) in [7, 11) is 1.78. The average Bonchev–Trinajstić information content (AvgIpc) is 3.39. The number of ether oxygens (including phenoxy) is 1. The highest BCUT2D eigenvalue weighted by molar-refractivity contribution is 7.15. The Morgan fingerprint density at radius 2 is 2.04 bits per heavy atom. The minimum Gasteiger partial charge on any atom is -0.381 e. The molecule has 4 nitrogen and oxygen atoms in total. The number of aromatic nitrogens is 1. The Labute approximate surface area is 169 Å². The van der Waals surface area contributed by atoms with Crippen molar-refractivity contribution in [1.82, 2.24) is 4.98 Å². The third-order valence-electron chi connectivity index (χ3n) is 6.13. The second-order valence-corrected chi connectivity index (χ2v) is 9.24. The summed E-state index contributed by atoms with van der Waals surface area (Å²) in [6, 6.07) is 7.84. The number of methoxy groups -OCH3 is 1. The number of carbonyl (C=O) groups excluding carboxylic acids is 1. The van der Waals surface area contributed by atoms with Crippen molar-refractivity contribution in [2.45, 2.75) is 51.0 Å². The molecule has 1 N–H and O–H groups in total. The quantitative estimate of drug-likeness (QED) is 0.709. The summed E-state index contributed by atoms with van der Waals surface area (Å²) >= 11 is 7.78. The van der Waals surface area contributed by atoms with E-state index in [1.165, 1.54) is 11.3 Å². The zero-order valence-corrected chi connectivity index (χ0v) is 17.1. The molecule has 6 heteroatoms. The van der Waals surface area contributed by atoms with Crippen molar-refractivity contribution in [3.05, 3.63) is 45.9 Å². The number of thiazole rings is 1. The van der Waals surface area contributed by atoms with Gasteiger partial charge >= 0.3 is 0 Å².